The highest BCUT2D eigenvalue weighted by molar-refractivity contribution is 5.88. The van der Waals surface area contributed by atoms with E-state index in [1.54, 1.807) is 6.26 Å². The summed E-state index contributed by atoms with van der Waals surface area (Å²) in [5.41, 5.74) is 3.21. The molecule has 0 bridgehead atoms. The molecule has 0 N–H and O–H groups in total. The molecule has 3 rings (SSSR count). The molecule has 1 fully saturated rings. The topological polar surface area (TPSA) is 36.7 Å². The third-order valence-corrected chi connectivity index (χ3v) is 5.03. The van der Waals surface area contributed by atoms with Crippen molar-refractivity contribution in [2.75, 3.05) is 32.7 Å². The summed E-state index contributed by atoms with van der Waals surface area (Å²) in [6.07, 6.45) is 2.17. The smallest absolute Gasteiger partial charge is 0.227 e. The Morgan fingerprint density at radius 1 is 1.17 bits per heavy atom. The van der Waals surface area contributed by atoms with Gasteiger partial charge in [0.25, 0.3) is 0 Å². The van der Waals surface area contributed by atoms with Crippen LogP contribution in [-0.2, 0) is 16.6 Å². The van der Waals surface area contributed by atoms with Gasteiger partial charge in [0, 0.05) is 37.1 Å². The van der Waals surface area contributed by atoms with Crippen molar-refractivity contribution in [1.82, 2.24) is 9.80 Å². The molecular weight excluding hydrogens is 300 g/mol. The third-order valence-electron chi connectivity index (χ3n) is 5.03. The normalized spacial score (nSPS) is 16.8. The molecule has 0 radical (unpaired) electrons. The molecule has 2 aromatic rings. The lowest BCUT2D eigenvalue weighted by atomic mass is 9.86. The maximum absolute atomic E-state index is 12.7. The Hall–Kier alpha value is -1.81. The summed E-state index contributed by atoms with van der Waals surface area (Å²) in [6, 6.07) is 6.31. The molecule has 1 aromatic heterocycles. The van der Waals surface area contributed by atoms with Gasteiger partial charge in [-0.2, -0.15) is 0 Å². The quantitative estimate of drug-likeness (QED) is 0.866. The molecule has 1 aliphatic heterocycles. The number of piperazine rings is 1. The van der Waals surface area contributed by atoms with Gasteiger partial charge in [-0.15, -0.1) is 0 Å². The monoisotopic (exact) mass is 328 g/mol. The van der Waals surface area contributed by atoms with Gasteiger partial charge in [0.1, 0.15) is 5.58 Å². The Labute approximate surface area is 144 Å². The number of amides is 1. The Morgan fingerprint density at radius 2 is 1.88 bits per heavy atom. The highest BCUT2D eigenvalue weighted by Gasteiger charge is 2.22. The number of benzene rings is 1. The molecule has 2 heterocycles. The Balaban J connectivity index is 1.76. The number of hydrogen-bond donors (Lipinski definition) is 0. The largest absolute Gasteiger partial charge is 0.464 e. The first-order valence-electron chi connectivity index (χ1n) is 8.89. The number of furan rings is 1. The molecule has 0 atom stereocenters. The van der Waals surface area contributed by atoms with Crippen molar-refractivity contribution in [3.8, 4) is 0 Å². The zero-order valence-corrected chi connectivity index (χ0v) is 15.3. The van der Waals surface area contributed by atoms with Gasteiger partial charge in [0.2, 0.25) is 5.91 Å². The van der Waals surface area contributed by atoms with Crippen LogP contribution in [0.1, 0.15) is 38.8 Å². The summed E-state index contributed by atoms with van der Waals surface area (Å²) in [4.78, 5) is 17.0. The van der Waals surface area contributed by atoms with E-state index in [2.05, 4.69) is 44.7 Å². The van der Waals surface area contributed by atoms with Gasteiger partial charge < -0.3 is 14.2 Å². The van der Waals surface area contributed by atoms with E-state index in [1.165, 1.54) is 5.56 Å². The summed E-state index contributed by atoms with van der Waals surface area (Å²) in [6.45, 7) is 13.4. The summed E-state index contributed by atoms with van der Waals surface area (Å²) in [5.74, 6) is 0.203. The molecular formula is C20H28N2O2. The van der Waals surface area contributed by atoms with Gasteiger partial charge in [-0.3, -0.25) is 4.79 Å². The van der Waals surface area contributed by atoms with E-state index in [1.807, 2.05) is 11.0 Å². The molecule has 1 saturated heterocycles. The minimum atomic E-state index is 0.0865. The van der Waals surface area contributed by atoms with Crippen molar-refractivity contribution in [2.24, 2.45) is 0 Å². The fourth-order valence-electron chi connectivity index (χ4n) is 3.27. The Kier molecular flexibility index (Phi) is 4.68. The van der Waals surface area contributed by atoms with Crippen LogP contribution in [0.4, 0.5) is 0 Å². The number of carbonyl (C=O) groups is 1. The van der Waals surface area contributed by atoms with Crippen LogP contribution in [-0.4, -0.2) is 48.4 Å². The van der Waals surface area contributed by atoms with E-state index < -0.39 is 0 Å². The number of hydrogen-bond acceptors (Lipinski definition) is 3. The van der Waals surface area contributed by atoms with Crippen molar-refractivity contribution in [3.63, 3.8) is 0 Å². The first-order chi connectivity index (χ1) is 11.4. The maximum atomic E-state index is 12.7. The standard InChI is InChI=1S/C20H28N2O2/c1-5-21-8-10-22(11-9-21)19(23)12-15-14-24-18-7-6-16(13-17(15)18)20(2,3)4/h6-7,13-14H,5,8-12H2,1-4H3. The van der Waals surface area contributed by atoms with E-state index in [-0.39, 0.29) is 11.3 Å². The summed E-state index contributed by atoms with van der Waals surface area (Å²) >= 11 is 0. The van der Waals surface area contributed by atoms with E-state index in [0.29, 0.717) is 6.42 Å². The van der Waals surface area contributed by atoms with Gasteiger partial charge in [-0.1, -0.05) is 33.8 Å². The number of nitrogens with zero attached hydrogens (tertiary/aromatic N) is 2. The van der Waals surface area contributed by atoms with Crippen LogP contribution in [0.25, 0.3) is 11.0 Å². The highest BCUT2D eigenvalue weighted by Crippen LogP contribution is 2.29. The van der Waals surface area contributed by atoms with Crippen LogP contribution in [0.5, 0.6) is 0 Å². The number of likely N-dealkylation sites (N-methyl/N-ethyl adjacent to an activating group) is 1. The van der Waals surface area contributed by atoms with Crippen LogP contribution in [0, 0.1) is 0 Å². The molecule has 130 valence electrons. The predicted molar refractivity (Wildman–Crippen MR) is 97.3 cm³/mol. The van der Waals surface area contributed by atoms with Crippen LogP contribution >= 0.6 is 0 Å². The molecule has 0 spiro atoms. The highest BCUT2D eigenvalue weighted by atomic mass is 16.3. The van der Waals surface area contributed by atoms with Crippen molar-refractivity contribution in [3.05, 3.63) is 35.6 Å². The average Bonchev–Trinajstić information content (AvgIpc) is 2.96. The van der Waals surface area contributed by atoms with Crippen molar-refractivity contribution in [2.45, 2.75) is 39.5 Å². The van der Waals surface area contributed by atoms with Crippen LogP contribution in [0.3, 0.4) is 0 Å². The SMILES string of the molecule is CCN1CCN(C(=O)Cc2coc3ccc(C(C)(C)C)cc23)CC1. The van der Waals surface area contributed by atoms with Crippen LogP contribution in [0.2, 0.25) is 0 Å². The second kappa shape index (κ2) is 6.60. The van der Waals surface area contributed by atoms with E-state index in [4.69, 9.17) is 4.42 Å². The zero-order chi connectivity index (χ0) is 17.3. The molecule has 1 aliphatic rings. The number of carbonyl (C=O) groups excluding carboxylic acids is 1. The first-order valence-corrected chi connectivity index (χ1v) is 8.89. The minimum absolute atomic E-state index is 0.0865. The minimum Gasteiger partial charge on any atom is -0.464 e. The Morgan fingerprint density at radius 3 is 2.50 bits per heavy atom. The predicted octanol–water partition coefficient (Wildman–Crippen LogP) is 3.44. The zero-order valence-electron chi connectivity index (χ0n) is 15.3. The van der Waals surface area contributed by atoms with Crippen LogP contribution in [0.15, 0.2) is 28.9 Å². The van der Waals surface area contributed by atoms with E-state index in [9.17, 15) is 4.79 Å². The van der Waals surface area contributed by atoms with Gasteiger partial charge in [0.15, 0.2) is 0 Å². The van der Waals surface area contributed by atoms with Crippen molar-refractivity contribution < 1.29 is 9.21 Å². The van der Waals surface area contributed by atoms with Crippen molar-refractivity contribution >= 4 is 16.9 Å². The Bertz CT molecular complexity index is 719. The lowest BCUT2D eigenvalue weighted by Gasteiger charge is -2.34. The number of fused-ring (bicyclic) bond motifs is 1. The fourth-order valence-corrected chi connectivity index (χ4v) is 3.27. The molecule has 0 unspecified atom stereocenters. The third kappa shape index (κ3) is 3.48. The van der Waals surface area contributed by atoms with Gasteiger partial charge in [-0.25, -0.2) is 0 Å². The van der Waals surface area contributed by atoms with Gasteiger partial charge in [0.05, 0.1) is 12.7 Å². The van der Waals surface area contributed by atoms with Gasteiger partial charge in [-0.05, 0) is 29.7 Å². The first kappa shape index (κ1) is 17.0. The second-order valence-corrected chi connectivity index (χ2v) is 7.71. The second-order valence-electron chi connectivity index (χ2n) is 7.71. The maximum Gasteiger partial charge on any atom is 0.227 e. The average molecular weight is 328 g/mol. The van der Waals surface area contributed by atoms with Gasteiger partial charge >= 0.3 is 0 Å². The van der Waals surface area contributed by atoms with Crippen molar-refractivity contribution in [1.29, 1.82) is 0 Å². The molecule has 1 aromatic carbocycles. The van der Waals surface area contributed by atoms with E-state index in [0.717, 1.165) is 49.3 Å². The molecule has 4 heteroatoms. The summed E-state index contributed by atoms with van der Waals surface area (Å²) in [5, 5.41) is 1.07. The lowest BCUT2D eigenvalue weighted by molar-refractivity contribution is -0.132. The summed E-state index contributed by atoms with van der Waals surface area (Å²) < 4.78 is 5.66. The molecule has 24 heavy (non-hydrogen) atoms. The molecule has 0 saturated carbocycles. The van der Waals surface area contributed by atoms with Crippen LogP contribution < -0.4 is 0 Å². The molecule has 1 amide bonds. The summed E-state index contributed by atoms with van der Waals surface area (Å²) in [7, 11) is 0. The molecule has 0 aliphatic carbocycles. The number of rotatable bonds is 3. The molecule has 4 nitrogen and oxygen atoms in total. The van der Waals surface area contributed by atoms with E-state index >= 15 is 0 Å². The lowest BCUT2D eigenvalue weighted by Crippen LogP contribution is -2.48. The fraction of sp³-hybridized carbons (Fsp3) is 0.550.